The summed E-state index contributed by atoms with van der Waals surface area (Å²) < 4.78 is 22.1. The van der Waals surface area contributed by atoms with E-state index in [2.05, 4.69) is 13.8 Å². The van der Waals surface area contributed by atoms with Gasteiger partial charge in [0.25, 0.3) is 0 Å². The average Bonchev–Trinajstić information content (AvgIpc) is 3.13. The van der Waals surface area contributed by atoms with Crippen LogP contribution in [-0.4, -0.2) is 89.0 Å². The molecule has 0 radical (unpaired) electrons. The van der Waals surface area contributed by atoms with Gasteiger partial charge in [-0.1, -0.05) is 168 Å². The van der Waals surface area contributed by atoms with Crippen LogP contribution in [0.15, 0.2) is 0 Å². The van der Waals surface area contributed by atoms with E-state index < -0.39 is 49.4 Å². The summed E-state index contributed by atoms with van der Waals surface area (Å²) >= 11 is 0. The van der Waals surface area contributed by atoms with Gasteiger partial charge in [0.1, 0.15) is 31.0 Å². The van der Waals surface area contributed by atoms with Crippen molar-refractivity contribution in [2.24, 2.45) is 0 Å². The Morgan fingerprint density at radius 1 is 0.529 bits per heavy atom. The van der Waals surface area contributed by atoms with Crippen LogP contribution in [0.3, 0.4) is 0 Å². The minimum absolute atomic E-state index is 0.209. The molecule has 4 N–H and O–H groups in total. The van der Waals surface area contributed by atoms with Gasteiger partial charge < -0.3 is 39.4 Å². The lowest BCUT2D eigenvalue weighted by Crippen LogP contribution is -2.59. The van der Waals surface area contributed by atoms with E-state index in [9.17, 15) is 30.0 Å². The van der Waals surface area contributed by atoms with Crippen LogP contribution in [-0.2, 0) is 28.5 Å². The molecule has 302 valence electrons. The summed E-state index contributed by atoms with van der Waals surface area (Å²) in [6.07, 6.45) is 23.9. The van der Waals surface area contributed by atoms with E-state index in [0.717, 1.165) is 38.5 Å². The largest absolute Gasteiger partial charge is 0.462 e. The molecule has 0 spiro atoms. The quantitative estimate of drug-likeness (QED) is 0.0371. The topological polar surface area (TPSA) is 152 Å². The third-order valence-corrected chi connectivity index (χ3v) is 9.99. The smallest absolute Gasteiger partial charge is 0.306 e. The summed E-state index contributed by atoms with van der Waals surface area (Å²) in [6, 6.07) is 0. The number of rotatable bonds is 35. The van der Waals surface area contributed by atoms with Crippen LogP contribution in [0.2, 0.25) is 0 Å². The van der Waals surface area contributed by atoms with Crippen LogP contribution < -0.4 is 0 Å². The molecular weight excluding hydrogens is 652 g/mol. The lowest BCUT2D eigenvalue weighted by atomic mass is 9.99. The molecule has 6 unspecified atom stereocenters. The van der Waals surface area contributed by atoms with Crippen molar-refractivity contribution in [3.63, 3.8) is 0 Å². The van der Waals surface area contributed by atoms with Gasteiger partial charge in [0, 0.05) is 12.8 Å². The van der Waals surface area contributed by atoms with E-state index in [1.54, 1.807) is 0 Å². The molecular formula is C41H78O10. The summed E-state index contributed by atoms with van der Waals surface area (Å²) in [6.45, 7) is 3.43. The lowest BCUT2D eigenvalue weighted by molar-refractivity contribution is -0.305. The summed E-state index contributed by atoms with van der Waals surface area (Å²) in [7, 11) is 0. The number of aliphatic hydroxyl groups is 4. The highest BCUT2D eigenvalue weighted by atomic mass is 16.7. The molecule has 1 fully saturated rings. The van der Waals surface area contributed by atoms with Crippen molar-refractivity contribution in [1.82, 2.24) is 0 Å². The Kier molecular flexibility index (Phi) is 31.1. The van der Waals surface area contributed by atoms with Crippen molar-refractivity contribution < 1.29 is 49.0 Å². The van der Waals surface area contributed by atoms with Crippen molar-refractivity contribution >= 4 is 11.9 Å². The minimum atomic E-state index is -1.59. The van der Waals surface area contributed by atoms with E-state index in [4.69, 9.17) is 18.9 Å². The van der Waals surface area contributed by atoms with Gasteiger partial charge in [0.05, 0.1) is 13.2 Å². The summed E-state index contributed by atoms with van der Waals surface area (Å²) in [4.78, 5) is 25.2. The van der Waals surface area contributed by atoms with Crippen LogP contribution in [0.1, 0.15) is 194 Å². The molecule has 1 saturated heterocycles. The zero-order valence-corrected chi connectivity index (χ0v) is 32.6. The number of hydrogen-bond acceptors (Lipinski definition) is 10. The van der Waals surface area contributed by atoms with Gasteiger partial charge in [0.2, 0.25) is 0 Å². The van der Waals surface area contributed by atoms with Gasteiger partial charge in [-0.15, -0.1) is 0 Å². The predicted molar refractivity (Wildman–Crippen MR) is 201 cm³/mol. The van der Waals surface area contributed by atoms with Crippen LogP contribution in [0, 0.1) is 0 Å². The van der Waals surface area contributed by atoms with Crippen molar-refractivity contribution in [2.75, 3.05) is 19.8 Å². The monoisotopic (exact) mass is 731 g/mol. The maximum atomic E-state index is 12.7. The third-order valence-electron chi connectivity index (χ3n) is 9.99. The molecule has 51 heavy (non-hydrogen) atoms. The van der Waals surface area contributed by atoms with Gasteiger partial charge in [-0.2, -0.15) is 0 Å². The van der Waals surface area contributed by atoms with Gasteiger partial charge in [-0.25, -0.2) is 0 Å². The summed E-state index contributed by atoms with van der Waals surface area (Å²) in [5.74, 6) is -0.796. The Balaban J connectivity index is 2.34. The number of ether oxygens (including phenoxy) is 4. The van der Waals surface area contributed by atoms with E-state index in [1.165, 1.54) is 122 Å². The average molecular weight is 731 g/mol. The number of carbonyl (C=O) groups excluding carboxylic acids is 2. The molecule has 1 aliphatic heterocycles. The van der Waals surface area contributed by atoms with Crippen molar-refractivity contribution in [3.8, 4) is 0 Å². The second-order valence-corrected chi connectivity index (χ2v) is 14.8. The van der Waals surface area contributed by atoms with E-state index in [0.29, 0.717) is 6.42 Å². The first-order valence-electron chi connectivity index (χ1n) is 21.1. The lowest BCUT2D eigenvalue weighted by Gasteiger charge is -2.39. The highest BCUT2D eigenvalue weighted by Gasteiger charge is 2.44. The SMILES string of the molecule is CCCCCCCCCCCCCCCCCC(=O)OC(COC(=O)CCCCCCCCCCCCC)COC1OC(CO)C(O)C(O)C1O. The Bertz CT molecular complexity index is 809. The van der Waals surface area contributed by atoms with E-state index >= 15 is 0 Å². The maximum absolute atomic E-state index is 12.7. The Labute approximate surface area is 310 Å². The van der Waals surface area contributed by atoms with Crippen LogP contribution in [0.5, 0.6) is 0 Å². The van der Waals surface area contributed by atoms with Crippen LogP contribution in [0.25, 0.3) is 0 Å². The van der Waals surface area contributed by atoms with Crippen LogP contribution >= 0.6 is 0 Å². The molecule has 0 aliphatic carbocycles. The maximum Gasteiger partial charge on any atom is 0.306 e. The summed E-state index contributed by atoms with van der Waals surface area (Å²) in [5, 5.41) is 40.0. The van der Waals surface area contributed by atoms with Crippen LogP contribution in [0.4, 0.5) is 0 Å². The Morgan fingerprint density at radius 2 is 0.922 bits per heavy atom. The molecule has 1 heterocycles. The fourth-order valence-corrected chi connectivity index (χ4v) is 6.60. The third kappa shape index (κ3) is 25.4. The fraction of sp³-hybridized carbons (Fsp3) is 0.951. The zero-order valence-electron chi connectivity index (χ0n) is 32.6. The predicted octanol–water partition coefficient (Wildman–Crippen LogP) is 8.22. The first-order chi connectivity index (χ1) is 24.8. The van der Waals surface area contributed by atoms with Gasteiger partial charge in [-0.05, 0) is 12.8 Å². The number of carbonyl (C=O) groups is 2. The van der Waals surface area contributed by atoms with Gasteiger partial charge >= 0.3 is 11.9 Å². The molecule has 0 aromatic carbocycles. The first-order valence-corrected chi connectivity index (χ1v) is 21.1. The summed E-state index contributed by atoms with van der Waals surface area (Å²) in [5.41, 5.74) is 0. The molecule has 0 aromatic rings. The first kappa shape index (κ1) is 47.7. The minimum Gasteiger partial charge on any atom is -0.462 e. The highest BCUT2D eigenvalue weighted by molar-refractivity contribution is 5.70. The van der Waals surface area contributed by atoms with Gasteiger partial charge in [0.15, 0.2) is 12.4 Å². The van der Waals surface area contributed by atoms with E-state index in [-0.39, 0.29) is 32.0 Å². The van der Waals surface area contributed by atoms with Crippen molar-refractivity contribution in [1.29, 1.82) is 0 Å². The molecule has 10 nitrogen and oxygen atoms in total. The van der Waals surface area contributed by atoms with Gasteiger partial charge in [-0.3, -0.25) is 9.59 Å². The Hall–Kier alpha value is -1.30. The van der Waals surface area contributed by atoms with Crippen molar-refractivity contribution in [2.45, 2.75) is 230 Å². The normalized spacial score (nSPS) is 21.1. The zero-order chi connectivity index (χ0) is 37.4. The number of aliphatic hydroxyl groups excluding tert-OH is 4. The second-order valence-electron chi connectivity index (χ2n) is 14.8. The molecule has 0 bridgehead atoms. The second kappa shape index (κ2) is 33.3. The highest BCUT2D eigenvalue weighted by Crippen LogP contribution is 2.23. The molecule has 0 saturated carbocycles. The molecule has 6 atom stereocenters. The molecule has 1 aliphatic rings. The molecule has 0 amide bonds. The molecule has 10 heteroatoms. The van der Waals surface area contributed by atoms with Crippen molar-refractivity contribution in [3.05, 3.63) is 0 Å². The number of unbranched alkanes of at least 4 members (excludes halogenated alkanes) is 24. The fourth-order valence-electron chi connectivity index (χ4n) is 6.60. The van der Waals surface area contributed by atoms with E-state index in [1.807, 2.05) is 0 Å². The Morgan fingerprint density at radius 3 is 1.33 bits per heavy atom. The molecule has 1 rings (SSSR count). The number of esters is 2. The molecule has 0 aromatic heterocycles. The number of hydrogen-bond donors (Lipinski definition) is 4. The standard InChI is InChI=1S/C41H78O10/c1-3-5-7-9-11-13-15-16-17-18-20-22-24-26-28-30-37(44)50-34(33-49-41-40(47)39(46)38(45)35(31-42)51-41)32-48-36(43)29-27-25-23-21-19-14-12-10-8-6-4-2/h34-35,38-42,45-47H,3-33H2,1-2H3.